The molecule has 0 saturated carbocycles. The van der Waals surface area contributed by atoms with E-state index < -0.39 is 0 Å². The summed E-state index contributed by atoms with van der Waals surface area (Å²) in [5.41, 5.74) is 3.48. The van der Waals surface area contributed by atoms with Crippen LogP contribution >= 0.6 is 22.7 Å². The monoisotopic (exact) mass is 402 g/mol. The highest BCUT2D eigenvalue weighted by atomic mass is 32.1. The molecule has 0 spiro atoms. The van der Waals surface area contributed by atoms with E-state index in [1.807, 2.05) is 39.1 Å². The summed E-state index contributed by atoms with van der Waals surface area (Å²) in [5, 5.41) is 11.5. The van der Waals surface area contributed by atoms with E-state index in [0.717, 1.165) is 40.6 Å². The van der Waals surface area contributed by atoms with Crippen LogP contribution in [0.1, 0.15) is 30.7 Å². The molecule has 0 bridgehead atoms. The number of aromatic nitrogens is 1. The van der Waals surface area contributed by atoms with Gasteiger partial charge >= 0.3 is 0 Å². The lowest BCUT2D eigenvalue weighted by Crippen LogP contribution is -2.22. The Morgan fingerprint density at radius 3 is 2.85 bits per heavy atom. The second kappa shape index (κ2) is 9.41. The standard InChI is InChI=1S/C18H20N4OS2.C2H6/c1-19-8-7-15(23)22-18-16(11-6-9-20-10-14(11)25-18)17-21-12-4-2-3-5-13(12)24-17;1-2/h2-5,19-20H,6-10H2,1H3,(H,22,23);1-2H3. The van der Waals surface area contributed by atoms with Gasteiger partial charge in [-0.25, -0.2) is 4.98 Å². The first-order valence-electron chi connectivity index (χ1n) is 9.42. The molecule has 1 aliphatic heterocycles. The van der Waals surface area contributed by atoms with Crippen LogP contribution in [0.4, 0.5) is 5.00 Å². The Bertz CT molecular complexity index is 883. The minimum absolute atomic E-state index is 0.0447. The largest absolute Gasteiger partial charge is 0.319 e. The maximum Gasteiger partial charge on any atom is 0.226 e. The van der Waals surface area contributed by atoms with Crippen molar-refractivity contribution in [3.8, 4) is 10.6 Å². The Kier molecular flexibility index (Phi) is 6.95. The molecule has 0 atom stereocenters. The lowest BCUT2D eigenvalue weighted by molar-refractivity contribution is -0.116. The molecule has 1 aliphatic rings. The first kappa shape index (κ1) is 19.9. The van der Waals surface area contributed by atoms with E-state index in [1.54, 1.807) is 22.7 Å². The van der Waals surface area contributed by atoms with Crippen molar-refractivity contribution in [1.29, 1.82) is 0 Å². The van der Waals surface area contributed by atoms with E-state index in [0.29, 0.717) is 13.0 Å². The van der Waals surface area contributed by atoms with E-state index in [1.165, 1.54) is 15.1 Å². The normalized spacial score (nSPS) is 13.0. The van der Waals surface area contributed by atoms with E-state index in [2.05, 4.69) is 22.0 Å². The summed E-state index contributed by atoms with van der Waals surface area (Å²) in [6.45, 7) is 6.51. The molecule has 1 amide bonds. The molecule has 3 aromatic rings. The van der Waals surface area contributed by atoms with Crippen molar-refractivity contribution in [1.82, 2.24) is 15.6 Å². The zero-order valence-corrected chi connectivity index (χ0v) is 17.6. The molecule has 2 aromatic heterocycles. The quantitative estimate of drug-likeness (QED) is 0.597. The Morgan fingerprint density at radius 1 is 1.26 bits per heavy atom. The molecule has 7 heteroatoms. The number of nitrogens with zero attached hydrogens (tertiary/aromatic N) is 1. The highest BCUT2D eigenvalue weighted by Crippen LogP contribution is 2.44. The van der Waals surface area contributed by atoms with Gasteiger partial charge < -0.3 is 16.0 Å². The van der Waals surface area contributed by atoms with Crippen LogP contribution < -0.4 is 16.0 Å². The molecule has 27 heavy (non-hydrogen) atoms. The van der Waals surface area contributed by atoms with Gasteiger partial charge in [-0.2, -0.15) is 0 Å². The molecule has 3 N–H and O–H groups in total. The smallest absolute Gasteiger partial charge is 0.226 e. The van der Waals surface area contributed by atoms with Crippen molar-refractivity contribution in [3.05, 3.63) is 34.7 Å². The maximum absolute atomic E-state index is 12.3. The third-order valence-corrected chi connectivity index (χ3v) is 6.49. The Hall–Kier alpha value is -1.80. The zero-order chi connectivity index (χ0) is 19.2. The van der Waals surface area contributed by atoms with Gasteiger partial charge in [-0.1, -0.05) is 26.0 Å². The zero-order valence-electron chi connectivity index (χ0n) is 16.0. The van der Waals surface area contributed by atoms with E-state index in [9.17, 15) is 4.79 Å². The molecule has 0 radical (unpaired) electrons. The molecule has 144 valence electrons. The van der Waals surface area contributed by atoms with Crippen molar-refractivity contribution >= 4 is 43.8 Å². The van der Waals surface area contributed by atoms with Crippen molar-refractivity contribution in [2.75, 3.05) is 25.5 Å². The second-order valence-electron chi connectivity index (χ2n) is 6.02. The van der Waals surface area contributed by atoms with Gasteiger partial charge in [-0.05, 0) is 37.7 Å². The summed E-state index contributed by atoms with van der Waals surface area (Å²) in [4.78, 5) is 18.4. The van der Waals surface area contributed by atoms with Crippen LogP contribution in [-0.2, 0) is 17.8 Å². The maximum atomic E-state index is 12.3. The van der Waals surface area contributed by atoms with Crippen molar-refractivity contribution < 1.29 is 4.79 Å². The number of rotatable bonds is 5. The number of hydrogen-bond donors (Lipinski definition) is 3. The van der Waals surface area contributed by atoms with Crippen molar-refractivity contribution in [3.63, 3.8) is 0 Å². The average Bonchev–Trinajstić information content (AvgIpc) is 3.28. The number of thiophene rings is 1. The number of para-hydroxylation sites is 1. The molecule has 3 heterocycles. The minimum Gasteiger partial charge on any atom is -0.319 e. The predicted octanol–water partition coefficient (Wildman–Crippen LogP) is 4.24. The van der Waals surface area contributed by atoms with Gasteiger partial charge in [-0.3, -0.25) is 4.79 Å². The number of anilines is 1. The summed E-state index contributed by atoms with van der Waals surface area (Å²) < 4.78 is 1.18. The van der Waals surface area contributed by atoms with Crippen LogP contribution in [0.5, 0.6) is 0 Å². The van der Waals surface area contributed by atoms with E-state index >= 15 is 0 Å². The molecular weight excluding hydrogens is 376 g/mol. The predicted molar refractivity (Wildman–Crippen MR) is 117 cm³/mol. The molecular formula is C20H26N4OS2. The van der Waals surface area contributed by atoms with Crippen molar-refractivity contribution in [2.45, 2.75) is 33.2 Å². The molecule has 5 nitrogen and oxygen atoms in total. The van der Waals surface area contributed by atoms with Gasteiger partial charge in [0.05, 0.1) is 10.2 Å². The minimum atomic E-state index is 0.0447. The van der Waals surface area contributed by atoms with E-state index in [4.69, 9.17) is 4.98 Å². The van der Waals surface area contributed by atoms with Crippen LogP contribution in [-0.4, -0.2) is 31.0 Å². The topological polar surface area (TPSA) is 66.0 Å². The number of carbonyl (C=O) groups excluding carboxylic acids is 1. The highest BCUT2D eigenvalue weighted by molar-refractivity contribution is 7.22. The Labute approximate surface area is 168 Å². The first-order chi connectivity index (χ1) is 13.3. The third-order valence-electron chi connectivity index (χ3n) is 4.29. The summed E-state index contributed by atoms with van der Waals surface area (Å²) in [6, 6.07) is 8.19. The van der Waals surface area contributed by atoms with Crippen LogP contribution in [0.15, 0.2) is 24.3 Å². The SMILES string of the molecule is CC.CNCCC(=O)Nc1sc2c(c1-c1nc3ccccc3s1)CCNC2. The number of nitrogens with one attached hydrogen (secondary N) is 3. The van der Waals surface area contributed by atoms with Crippen LogP contribution in [0.2, 0.25) is 0 Å². The Morgan fingerprint density at radius 2 is 2.07 bits per heavy atom. The Balaban J connectivity index is 0.00000102. The lowest BCUT2D eigenvalue weighted by atomic mass is 10.0. The molecule has 0 saturated heterocycles. The molecule has 4 rings (SSSR count). The number of fused-ring (bicyclic) bond motifs is 2. The fourth-order valence-electron chi connectivity index (χ4n) is 3.06. The fourth-order valence-corrected chi connectivity index (χ4v) is 5.40. The number of hydrogen-bond acceptors (Lipinski definition) is 6. The molecule has 0 unspecified atom stereocenters. The third kappa shape index (κ3) is 4.38. The van der Waals surface area contributed by atoms with Gasteiger partial charge in [-0.15, -0.1) is 22.7 Å². The highest BCUT2D eigenvalue weighted by Gasteiger charge is 2.24. The number of carbonyl (C=O) groups is 1. The fraction of sp³-hybridized carbons (Fsp3) is 0.400. The van der Waals surface area contributed by atoms with Gasteiger partial charge in [0.2, 0.25) is 5.91 Å². The average molecular weight is 403 g/mol. The van der Waals surface area contributed by atoms with Crippen molar-refractivity contribution in [2.24, 2.45) is 0 Å². The number of thiazole rings is 1. The van der Waals surface area contributed by atoms with Crippen LogP contribution in [0, 0.1) is 0 Å². The molecule has 1 aromatic carbocycles. The summed E-state index contributed by atoms with van der Waals surface area (Å²) in [5.74, 6) is 0.0447. The van der Waals surface area contributed by atoms with Gasteiger partial charge in [0.25, 0.3) is 0 Å². The van der Waals surface area contributed by atoms with Crippen LogP contribution in [0.3, 0.4) is 0 Å². The second-order valence-corrected chi connectivity index (χ2v) is 8.16. The van der Waals surface area contributed by atoms with Crippen LogP contribution in [0.25, 0.3) is 20.8 Å². The van der Waals surface area contributed by atoms with Gasteiger partial charge in [0.1, 0.15) is 10.0 Å². The summed E-state index contributed by atoms with van der Waals surface area (Å²) in [7, 11) is 1.86. The summed E-state index contributed by atoms with van der Waals surface area (Å²) >= 11 is 3.38. The van der Waals surface area contributed by atoms with E-state index in [-0.39, 0.29) is 5.91 Å². The number of benzene rings is 1. The van der Waals surface area contributed by atoms with Gasteiger partial charge in [0, 0.05) is 30.0 Å². The lowest BCUT2D eigenvalue weighted by Gasteiger charge is -2.13. The number of amides is 1. The summed E-state index contributed by atoms with van der Waals surface area (Å²) in [6.07, 6.45) is 1.44. The molecule has 0 aliphatic carbocycles. The van der Waals surface area contributed by atoms with Gasteiger partial charge in [0.15, 0.2) is 0 Å². The first-order valence-corrected chi connectivity index (χ1v) is 11.0. The molecule has 0 fully saturated rings.